The summed E-state index contributed by atoms with van der Waals surface area (Å²) in [5.74, 6) is 2.40. The molecular weight excluding hydrogens is 376 g/mol. The lowest BCUT2D eigenvalue weighted by Crippen LogP contribution is -2.47. The molecule has 0 aromatic carbocycles. The number of rotatable bonds is 7. The van der Waals surface area contributed by atoms with Gasteiger partial charge in [-0.25, -0.2) is 19.9 Å². The van der Waals surface area contributed by atoms with Gasteiger partial charge in [-0.3, -0.25) is 9.88 Å². The number of pyridine rings is 1. The van der Waals surface area contributed by atoms with E-state index >= 15 is 0 Å². The first-order valence-corrected chi connectivity index (χ1v) is 10.5. The lowest BCUT2D eigenvalue weighted by molar-refractivity contribution is 0.256. The normalized spacial score (nSPS) is 14.7. The summed E-state index contributed by atoms with van der Waals surface area (Å²) in [5, 5.41) is 3.50. The summed E-state index contributed by atoms with van der Waals surface area (Å²) in [4.78, 5) is 27.1. The van der Waals surface area contributed by atoms with Crippen molar-refractivity contribution in [1.82, 2.24) is 29.8 Å². The molecule has 0 amide bonds. The number of anilines is 2. The van der Waals surface area contributed by atoms with E-state index in [1.54, 1.807) is 18.6 Å². The molecule has 156 valence electrons. The van der Waals surface area contributed by atoms with E-state index in [0.717, 1.165) is 74.4 Å². The summed E-state index contributed by atoms with van der Waals surface area (Å²) in [6.45, 7) is 10.0. The highest BCUT2D eigenvalue weighted by Crippen LogP contribution is 2.20. The largest absolute Gasteiger partial charge is 0.370 e. The Morgan fingerprint density at radius 2 is 1.67 bits per heavy atom. The van der Waals surface area contributed by atoms with Crippen molar-refractivity contribution in [3.63, 3.8) is 0 Å². The average Bonchev–Trinajstić information content (AvgIpc) is 2.81. The van der Waals surface area contributed by atoms with Gasteiger partial charge in [0.15, 0.2) is 5.82 Å². The van der Waals surface area contributed by atoms with E-state index in [2.05, 4.69) is 42.0 Å². The van der Waals surface area contributed by atoms with Crippen molar-refractivity contribution in [3.05, 3.63) is 54.1 Å². The van der Waals surface area contributed by atoms with E-state index in [0.29, 0.717) is 5.82 Å². The zero-order chi connectivity index (χ0) is 20.8. The van der Waals surface area contributed by atoms with Crippen LogP contribution in [-0.2, 0) is 0 Å². The highest BCUT2D eigenvalue weighted by Gasteiger charge is 2.18. The van der Waals surface area contributed by atoms with Gasteiger partial charge >= 0.3 is 0 Å². The molecule has 1 fully saturated rings. The van der Waals surface area contributed by atoms with Crippen molar-refractivity contribution in [1.29, 1.82) is 0 Å². The molecular formula is C22H28N8. The molecule has 8 nitrogen and oxygen atoms in total. The van der Waals surface area contributed by atoms with Gasteiger partial charge in [0.1, 0.15) is 11.5 Å². The van der Waals surface area contributed by atoms with Gasteiger partial charge in [0.05, 0.1) is 0 Å². The molecule has 0 radical (unpaired) electrons. The van der Waals surface area contributed by atoms with Gasteiger partial charge < -0.3 is 10.2 Å². The third-order valence-corrected chi connectivity index (χ3v) is 5.43. The topological polar surface area (TPSA) is 83.0 Å². The van der Waals surface area contributed by atoms with Gasteiger partial charge in [-0.2, -0.15) is 0 Å². The summed E-state index contributed by atoms with van der Waals surface area (Å²) >= 11 is 0. The van der Waals surface area contributed by atoms with E-state index in [1.807, 2.05) is 31.2 Å². The van der Waals surface area contributed by atoms with Gasteiger partial charge in [0.2, 0.25) is 5.95 Å². The summed E-state index contributed by atoms with van der Waals surface area (Å²) in [7, 11) is 0. The van der Waals surface area contributed by atoms with Crippen LogP contribution in [0.5, 0.6) is 0 Å². The van der Waals surface area contributed by atoms with Crippen molar-refractivity contribution in [2.24, 2.45) is 0 Å². The van der Waals surface area contributed by atoms with E-state index in [1.165, 1.54) is 0 Å². The molecule has 1 N–H and O–H groups in total. The van der Waals surface area contributed by atoms with Crippen LogP contribution in [0, 0.1) is 13.8 Å². The van der Waals surface area contributed by atoms with Crippen LogP contribution in [0.15, 0.2) is 42.9 Å². The predicted octanol–water partition coefficient (Wildman–Crippen LogP) is 2.57. The van der Waals surface area contributed by atoms with Crippen molar-refractivity contribution in [2.45, 2.75) is 20.3 Å². The van der Waals surface area contributed by atoms with Crippen LogP contribution in [0.25, 0.3) is 11.5 Å². The third-order valence-electron chi connectivity index (χ3n) is 5.43. The Kier molecular flexibility index (Phi) is 6.44. The van der Waals surface area contributed by atoms with Crippen molar-refractivity contribution in [2.75, 3.05) is 49.5 Å². The number of aromatic nitrogens is 5. The molecule has 1 aliphatic heterocycles. The number of aryl methyl sites for hydroxylation is 1. The minimum atomic E-state index is 0.667. The van der Waals surface area contributed by atoms with Crippen LogP contribution in [0.2, 0.25) is 0 Å². The smallest absolute Gasteiger partial charge is 0.225 e. The maximum Gasteiger partial charge on any atom is 0.225 e. The number of hydrogen-bond donors (Lipinski definition) is 1. The Bertz CT molecular complexity index is 940. The molecule has 30 heavy (non-hydrogen) atoms. The first-order chi connectivity index (χ1) is 14.7. The van der Waals surface area contributed by atoms with Gasteiger partial charge in [-0.05, 0) is 45.0 Å². The summed E-state index contributed by atoms with van der Waals surface area (Å²) in [6, 6.07) is 7.65. The Labute approximate surface area is 177 Å². The minimum Gasteiger partial charge on any atom is -0.370 e. The lowest BCUT2D eigenvalue weighted by atomic mass is 10.2. The Morgan fingerprint density at radius 1 is 0.900 bits per heavy atom. The number of hydrogen-bond acceptors (Lipinski definition) is 8. The van der Waals surface area contributed by atoms with Crippen LogP contribution < -0.4 is 10.2 Å². The monoisotopic (exact) mass is 404 g/mol. The van der Waals surface area contributed by atoms with Crippen molar-refractivity contribution in [3.8, 4) is 11.5 Å². The SMILES string of the molecule is Cc1nc(-c2ccccn2)nc(NCCCN2CCN(c3ncccn3)CC2)c1C. The van der Waals surface area contributed by atoms with Crippen molar-refractivity contribution < 1.29 is 0 Å². The van der Waals surface area contributed by atoms with Crippen molar-refractivity contribution >= 4 is 11.8 Å². The lowest BCUT2D eigenvalue weighted by Gasteiger charge is -2.34. The maximum absolute atomic E-state index is 4.71. The predicted molar refractivity (Wildman–Crippen MR) is 119 cm³/mol. The molecule has 0 saturated carbocycles. The van der Waals surface area contributed by atoms with E-state index < -0.39 is 0 Å². The maximum atomic E-state index is 4.71. The van der Waals surface area contributed by atoms with Crippen LogP contribution >= 0.6 is 0 Å². The zero-order valence-electron chi connectivity index (χ0n) is 17.6. The fourth-order valence-corrected chi connectivity index (χ4v) is 3.55. The number of nitrogens with one attached hydrogen (secondary N) is 1. The second-order valence-electron chi connectivity index (χ2n) is 7.48. The number of piperazine rings is 1. The molecule has 8 heteroatoms. The Morgan fingerprint density at radius 3 is 2.40 bits per heavy atom. The van der Waals surface area contributed by atoms with Gasteiger partial charge in [-0.1, -0.05) is 6.07 Å². The third kappa shape index (κ3) is 4.88. The second kappa shape index (κ2) is 9.58. The van der Waals surface area contributed by atoms with E-state index in [4.69, 9.17) is 4.98 Å². The molecule has 0 unspecified atom stereocenters. The summed E-state index contributed by atoms with van der Waals surface area (Å²) in [6.07, 6.45) is 6.43. The molecule has 4 rings (SSSR count). The summed E-state index contributed by atoms with van der Waals surface area (Å²) in [5.41, 5.74) is 2.86. The fourth-order valence-electron chi connectivity index (χ4n) is 3.55. The quantitative estimate of drug-likeness (QED) is 0.602. The molecule has 0 atom stereocenters. The molecule has 0 aliphatic carbocycles. The second-order valence-corrected chi connectivity index (χ2v) is 7.48. The van der Waals surface area contributed by atoms with Gasteiger partial charge in [0.25, 0.3) is 0 Å². The molecule has 1 aliphatic rings. The average molecular weight is 405 g/mol. The molecule has 3 aromatic heterocycles. The van der Waals surface area contributed by atoms with Gasteiger partial charge in [-0.15, -0.1) is 0 Å². The zero-order valence-corrected chi connectivity index (χ0v) is 17.6. The van der Waals surface area contributed by atoms with Crippen LogP contribution in [0.4, 0.5) is 11.8 Å². The van der Waals surface area contributed by atoms with Crippen LogP contribution in [0.1, 0.15) is 17.7 Å². The Balaban J connectivity index is 1.26. The highest BCUT2D eigenvalue weighted by atomic mass is 15.3. The fraction of sp³-hybridized carbons (Fsp3) is 0.409. The Hall–Kier alpha value is -3.13. The first kappa shape index (κ1) is 20.2. The molecule has 4 heterocycles. The van der Waals surface area contributed by atoms with E-state index in [-0.39, 0.29) is 0 Å². The molecule has 0 spiro atoms. The van der Waals surface area contributed by atoms with Gasteiger partial charge in [0, 0.05) is 62.6 Å². The van der Waals surface area contributed by atoms with E-state index in [9.17, 15) is 0 Å². The first-order valence-electron chi connectivity index (χ1n) is 10.5. The highest BCUT2D eigenvalue weighted by molar-refractivity contribution is 5.56. The van der Waals surface area contributed by atoms with Crippen LogP contribution in [-0.4, -0.2) is 69.1 Å². The standard InChI is InChI=1S/C22H28N8/c1-17-18(2)27-21(19-7-3-4-8-23-19)28-20(17)24-11-6-12-29-13-15-30(16-14-29)22-25-9-5-10-26-22/h3-5,7-10H,6,11-16H2,1-2H3,(H,24,27,28). The molecule has 1 saturated heterocycles. The molecule has 3 aromatic rings. The molecule has 0 bridgehead atoms. The summed E-state index contributed by atoms with van der Waals surface area (Å²) < 4.78 is 0. The minimum absolute atomic E-state index is 0.667. The van der Waals surface area contributed by atoms with Crippen LogP contribution in [0.3, 0.4) is 0 Å². The number of nitrogens with zero attached hydrogens (tertiary/aromatic N) is 7.